The molecule has 92 valence electrons. The van der Waals surface area contributed by atoms with Crippen LogP contribution in [-0.2, 0) is 4.74 Å². The number of anilines is 1. The zero-order valence-corrected chi connectivity index (χ0v) is 10.4. The van der Waals surface area contributed by atoms with Gasteiger partial charge in [-0.25, -0.2) is 0 Å². The third-order valence-corrected chi connectivity index (χ3v) is 3.29. The number of allylic oxidation sites excluding steroid dienone is 5. The van der Waals surface area contributed by atoms with E-state index in [1.165, 1.54) is 16.8 Å². The molecule has 1 aromatic carbocycles. The van der Waals surface area contributed by atoms with Gasteiger partial charge in [-0.3, -0.25) is 0 Å². The number of rotatable bonds is 2. The highest BCUT2D eigenvalue weighted by atomic mass is 16.5. The Morgan fingerprint density at radius 1 is 0.944 bits per heavy atom. The molecule has 1 heterocycles. The lowest BCUT2D eigenvalue weighted by molar-refractivity contribution is 0.122. The summed E-state index contributed by atoms with van der Waals surface area (Å²) in [5, 5.41) is 0. The molecular formula is C16H17NO. The predicted molar refractivity (Wildman–Crippen MR) is 75.7 cm³/mol. The molecule has 1 saturated heterocycles. The summed E-state index contributed by atoms with van der Waals surface area (Å²) in [5.41, 5.74) is 3.80. The molecule has 2 nitrogen and oxygen atoms in total. The van der Waals surface area contributed by atoms with E-state index in [9.17, 15) is 0 Å². The lowest BCUT2D eigenvalue weighted by Crippen LogP contribution is -2.36. The maximum atomic E-state index is 5.37. The monoisotopic (exact) mass is 239 g/mol. The van der Waals surface area contributed by atoms with E-state index in [-0.39, 0.29) is 0 Å². The van der Waals surface area contributed by atoms with Gasteiger partial charge in [-0.1, -0.05) is 36.4 Å². The second kappa shape index (κ2) is 5.23. The van der Waals surface area contributed by atoms with E-state index in [4.69, 9.17) is 4.74 Å². The standard InChI is InChI=1S/C16H17NO/c1-2-4-14(3-1)13-15-5-7-16(8-6-15)17-9-11-18-12-10-17/h1-8,13H,9-12H2. The number of hydrogen-bond donors (Lipinski definition) is 0. The summed E-state index contributed by atoms with van der Waals surface area (Å²) in [6.45, 7) is 3.65. The topological polar surface area (TPSA) is 12.5 Å². The summed E-state index contributed by atoms with van der Waals surface area (Å²) in [4.78, 5) is 2.37. The number of morpholine rings is 1. The molecule has 0 aromatic heterocycles. The van der Waals surface area contributed by atoms with Crippen LogP contribution < -0.4 is 4.90 Å². The minimum absolute atomic E-state index is 0.835. The maximum absolute atomic E-state index is 5.37. The van der Waals surface area contributed by atoms with Gasteiger partial charge in [-0.2, -0.15) is 0 Å². The first-order valence-corrected chi connectivity index (χ1v) is 6.41. The Labute approximate surface area is 108 Å². The van der Waals surface area contributed by atoms with Gasteiger partial charge in [0.1, 0.15) is 0 Å². The van der Waals surface area contributed by atoms with Crippen molar-refractivity contribution in [3.05, 3.63) is 59.7 Å². The summed E-state index contributed by atoms with van der Waals surface area (Å²) in [7, 11) is 0. The van der Waals surface area contributed by atoms with Crippen LogP contribution in [0.1, 0.15) is 5.56 Å². The van der Waals surface area contributed by atoms with E-state index in [2.05, 4.69) is 59.5 Å². The molecule has 3 rings (SSSR count). The highest BCUT2D eigenvalue weighted by molar-refractivity contribution is 5.63. The number of hydrogen-bond acceptors (Lipinski definition) is 2. The molecule has 0 atom stereocenters. The molecule has 1 aromatic rings. The number of ether oxygens (including phenoxy) is 1. The number of benzene rings is 1. The van der Waals surface area contributed by atoms with Crippen molar-refractivity contribution in [3.63, 3.8) is 0 Å². The van der Waals surface area contributed by atoms with Gasteiger partial charge in [0.15, 0.2) is 0 Å². The van der Waals surface area contributed by atoms with E-state index < -0.39 is 0 Å². The molecule has 0 unspecified atom stereocenters. The van der Waals surface area contributed by atoms with Crippen molar-refractivity contribution in [2.24, 2.45) is 0 Å². The molecule has 0 bridgehead atoms. The second-order valence-corrected chi connectivity index (χ2v) is 4.55. The molecule has 0 spiro atoms. The molecule has 1 aliphatic carbocycles. The summed E-state index contributed by atoms with van der Waals surface area (Å²) < 4.78 is 5.37. The van der Waals surface area contributed by atoms with Gasteiger partial charge in [0.25, 0.3) is 0 Å². The third kappa shape index (κ3) is 2.54. The van der Waals surface area contributed by atoms with Crippen LogP contribution >= 0.6 is 0 Å². The van der Waals surface area contributed by atoms with E-state index in [0.29, 0.717) is 0 Å². The summed E-state index contributed by atoms with van der Waals surface area (Å²) in [5.74, 6) is 0. The van der Waals surface area contributed by atoms with Gasteiger partial charge in [0, 0.05) is 18.8 Å². The normalized spacial score (nSPS) is 18.4. The minimum Gasteiger partial charge on any atom is -0.378 e. The smallest absolute Gasteiger partial charge is 0.0642 e. The first kappa shape index (κ1) is 11.3. The van der Waals surface area contributed by atoms with Crippen LogP contribution in [0.4, 0.5) is 5.69 Å². The van der Waals surface area contributed by atoms with Crippen molar-refractivity contribution in [2.45, 2.75) is 0 Å². The van der Waals surface area contributed by atoms with Gasteiger partial charge in [0.2, 0.25) is 0 Å². The van der Waals surface area contributed by atoms with Crippen LogP contribution in [0.3, 0.4) is 0 Å². The Bertz CT molecular complexity index is 476. The van der Waals surface area contributed by atoms with Crippen LogP contribution in [0, 0.1) is 0 Å². The van der Waals surface area contributed by atoms with Crippen LogP contribution in [0.15, 0.2) is 54.1 Å². The Hall–Kier alpha value is -1.80. The molecule has 0 saturated carbocycles. The van der Waals surface area contributed by atoms with Crippen LogP contribution in [0.25, 0.3) is 6.08 Å². The highest BCUT2D eigenvalue weighted by Gasteiger charge is 2.10. The number of nitrogens with zero attached hydrogens (tertiary/aromatic N) is 1. The first-order chi connectivity index (χ1) is 8.92. The first-order valence-electron chi connectivity index (χ1n) is 6.41. The summed E-state index contributed by atoms with van der Waals surface area (Å²) in [6.07, 6.45) is 10.6. The molecule has 2 heteroatoms. The predicted octanol–water partition coefficient (Wildman–Crippen LogP) is 3.03. The molecule has 2 aliphatic rings. The Morgan fingerprint density at radius 2 is 1.61 bits per heavy atom. The lowest BCUT2D eigenvalue weighted by Gasteiger charge is -2.28. The zero-order valence-electron chi connectivity index (χ0n) is 10.4. The van der Waals surface area contributed by atoms with Crippen molar-refractivity contribution < 1.29 is 4.74 Å². The Balaban J connectivity index is 1.74. The molecule has 1 fully saturated rings. The van der Waals surface area contributed by atoms with Crippen molar-refractivity contribution in [2.75, 3.05) is 31.2 Å². The van der Waals surface area contributed by atoms with E-state index in [1.807, 2.05) is 0 Å². The SMILES string of the molecule is C1=CC(=Cc2ccc(N3CCOCC3)cc2)C=C1. The molecule has 1 aliphatic heterocycles. The molecule has 0 N–H and O–H groups in total. The maximum Gasteiger partial charge on any atom is 0.0642 e. The van der Waals surface area contributed by atoms with Gasteiger partial charge in [-0.05, 0) is 29.3 Å². The van der Waals surface area contributed by atoms with Gasteiger partial charge in [0.05, 0.1) is 13.2 Å². The van der Waals surface area contributed by atoms with Gasteiger partial charge < -0.3 is 9.64 Å². The van der Waals surface area contributed by atoms with Crippen molar-refractivity contribution in [1.29, 1.82) is 0 Å². The van der Waals surface area contributed by atoms with E-state index in [1.54, 1.807) is 0 Å². The van der Waals surface area contributed by atoms with Crippen LogP contribution in [0.2, 0.25) is 0 Å². The van der Waals surface area contributed by atoms with Crippen molar-refractivity contribution >= 4 is 11.8 Å². The van der Waals surface area contributed by atoms with Crippen LogP contribution in [0.5, 0.6) is 0 Å². The molecule has 18 heavy (non-hydrogen) atoms. The fourth-order valence-electron chi connectivity index (χ4n) is 2.28. The zero-order chi connectivity index (χ0) is 12.2. The molecule has 0 amide bonds. The second-order valence-electron chi connectivity index (χ2n) is 4.55. The van der Waals surface area contributed by atoms with Gasteiger partial charge >= 0.3 is 0 Å². The fourth-order valence-corrected chi connectivity index (χ4v) is 2.28. The van der Waals surface area contributed by atoms with Crippen molar-refractivity contribution in [1.82, 2.24) is 0 Å². The van der Waals surface area contributed by atoms with Crippen molar-refractivity contribution in [3.8, 4) is 0 Å². The average molecular weight is 239 g/mol. The third-order valence-electron chi connectivity index (χ3n) is 3.29. The highest BCUT2D eigenvalue weighted by Crippen LogP contribution is 2.19. The molecular weight excluding hydrogens is 222 g/mol. The quantitative estimate of drug-likeness (QED) is 0.786. The van der Waals surface area contributed by atoms with E-state index >= 15 is 0 Å². The Kier molecular flexibility index (Phi) is 3.29. The average Bonchev–Trinajstić information content (AvgIpc) is 2.94. The summed E-state index contributed by atoms with van der Waals surface area (Å²) in [6, 6.07) is 8.75. The van der Waals surface area contributed by atoms with Gasteiger partial charge in [-0.15, -0.1) is 0 Å². The minimum atomic E-state index is 0.835. The summed E-state index contributed by atoms with van der Waals surface area (Å²) >= 11 is 0. The fraction of sp³-hybridized carbons (Fsp3) is 0.250. The largest absolute Gasteiger partial charge is 0.378 e. The Morgan fingerprint density at radius 3 is 2.28 bits per heavy atom. The van der Waals surface area contributed by atoms with E-state index in [0.717, 1.165) is 26.3 Å². The lowest BCUT2D eigenvalue weighted by atomic mass is 10.1. The molecule has 0 radical (unpaired) electrons. The van der Waals surface area contributed by atoms with Crippen LogP contribution in [-0.4, -0.2) is 26.3 Å².